The van der Waals surface area contributed by atoms with Crippen LogP contribution in [0.2, 0.25) is 0 Å². The van der Waals surface area contributed by atoms with Crippen molar-refractivity contribution in [2.24, 2.45) is 5.92 Å². The van der Waals surface area contributed by atoms with Crippen molar-refractivity contribution in [1.82, 2.24) is 10.6 Å². The number of rotatable bonds is 10. The van der Waals surface area contributed by atoms with Gasteiger partial charge in [-0.1, -0.05) is 30.3 Å². The molecule has 0 bridgehead atoms. The van der Waals surface area contributed by atoms with Gasteiger partial charge < -0.3 is 25.2 Å². The molecule has 3 N–H and O–H groups in total. The number of hydrogen-bond acceptors (Lipinski definition) is 7. The van der Waals surface area contributed by atoms with E-state index in [-0.39, 0.29) is 26.0 Å². The zero-order valence-electron chi connectivity index (χ0n) is 15.9. The number of aliphatic hydroxyl groups is 1. The molecule has 0 aliphatic heterocycles. The monoisotopic (exact) mass is 391 g/mol. The van der Waals surface area contributed by atoms with Crippen molar-refractivity contribution in [3.8, 4) is 6.07 Å². The highest BCUT2D eigenvalue weighted by atomic mass is 16.5. The minimum Gasteiger partial charge on any atom is -0.467 e. The standard InChI is InChI=1S/C19H25N3O6/c1-13(10-20)8-16(18(25)27-2)22-17(24)9-15(23)11-21-19(26)28-12-14-6-4-3-5-7-14/h3-7,13,15-16,23H,8-9,11-12H2,1-2H3,(H,21,26)(H,22,24)/t13-,15-,16-/m0/s1. The molecule has 0 aliphatic rings. The Morgan fingerprint density at radius 2 is 1.93 bits per heavy atom. The molecule has 9 heteroatoms. The highest BCUT2D eigenvalue weighted by molar-refractivity contribution is 5.84. The largest absolute Gasteiger partial charge is 0.467 e. The molecule has 0 unspecified atom stereocenters. The smallest absolute Gasteiger partial charge is 0.407 e. The summed E-state index contributed by atoms with van der Waals surface area (Å²) in [6.45, 7) is 1.50. The molecule has 152 valence electrons. The number of esters is 1. The van der Waals surface area contributed by atoms with Gasteiger partial charge >= 0.3 is 12.1 Å². The van der Waals surface area contributed by atoms with Crippen LogP contribution in [0.15, 0.2) is 30.3 Å². The number of alkyl carbamates (subject to hydrolysis) is 1. The van der Waals surface area contributed by atoms with Gasteiger partial charge in [0.05, 0.1) is 25.7 Å². The van der Waals surface area contributed by atoms with E-state index >= 15 is 0 Å². The fraction of sp³-hybridized carbons (Fsp3) is 0.474. The predicted octanol–water partition coefficient (Wildman–Crippen LogP) is 0.871. The number of aliphatic hydroxyl groups excluding tert-OH is 1. The number of nitrogens with one attached hydrogen (secondary N) is 2. The summed E-state index contributed by atoms with van der Waals surface area (Å²) in [5, 5.41) is 23.5. The molecule has 0 saturated carbocycles. The average molecular weight is 391 g/mol. The zero-order chi connectivity index (χ0) is 20.9. The molecule has 0 heterocycles. The lowest BCUT2D eigenvalue weighted by molar-refractivity contribution is -0.145. The number of carbonyl (C=O) groups is 3. The molecule has 0 aliphatic carbocycles. The van der Waals surface area contributed by atoms with Gasteiger partial charge in [0.15, 0.2) is 0 Å². The molecule has 0 radical (unpaired) electrons. The zero-order valence-corrected chi connectivity index (χ0v) is 15.9. The topological polar surface area (TPSA) is 138 Å². The number of hydrogen-bond donors (Lipinski definition) is 3. The van der Waals surface area contributed by atoms with Crippen molar-refractivity contribution in [1.29, 1.82) is 5.26 Å². The van der Waals surface area contributed by atoms with Crippen molar-refractivity contribution >= 4 is 18.0 Å². The van der Waals surface area contributed by atoms with Gasteiger partial charge in [0, 0.05) is 12.5 Å². The summed E-state index contributed by atoms with van der Waals surface area (Å²) in [5.74, 6) is -1.74. The Morgan fingerprint density at radius 1 is 1.25 bits per heavy atom. The Hall–Kier alpha value is -3.12. The van der Waals surface area contributed by atoms with Gasteiger partial charge in [-0.15, -0.1) is 0 Å². The van der Waals surface area contributed by atoms with Crippen molar-refractivity contribution < 1.29 is 29.0 Å². The van der Waals surface area contributed by atoms with Crippen LogP contribution >= 0.6 is 0 Å². The molecule has 0 saturated heterocycles. The number of nitriles is 1. The van der Waals surface area contributed by atoms with E-state index < -0.39 is 36.0 Å². The van der Waals surface area contributed by atoms with Gasteiger partial charge in [-0.25, -0.2) is 9.59 Å². The number of amides is 2. The first-order chi connectivity index (χ1) is 13.3. The summed E-state index contributed by atoms with van der Waals surface area (Å²) in [6, 6.07) is 10.1. The summed E-state index contributed by atoms with van der Waals surface area (Å²) in [6.07, 6.45) is -2.14. The number of methoxy groups -OCH3 is 1. The van der Waals surface area contributed by atoms with Crippen molar-refractivity contribution in [2.45, 2.75) is 38.5 Å². The van der Waals surface area contributed by atoms with Gasteiger partial charge in [0.1, 0.15) is 12.6 Å². The lowest BCUT2D eigenvalue weighted by Gasteiger charge is -2.18. The van der Waals surface area contributed by atoms with Gasteiger partial charge in [-0.05, 0) is 18.9 Å². The van der Waals surface area contributed by atoms with Crippen LogP contribution in [0.25, 0.3) is 0 Å². The highest BCUT2D eigenvalue weighted by Crippen LogP contribution is 2.07. The Morgan fingerprint density at radius 3 is 2.54 bits per heavy atom. The molecule has 28 heavy (non-hydrogen) atoms. The maximum atomic E-state index is 12.0. The lowest BCUT2D eigenvalue weighted by Crippen LogP contribution is -2.44. The van der Waals surface area contributed by atoms with Crippen LogP contribution in [0, 0.1) is 17.2 Å². The second-order valence-corrected chi connectivity index (χ2v) is 6.21. The maximum Gasteiger partial charge on any atom is 0.407 e. The second-order valence-electron chi connectivity index (χ2n) is 6.21. The molecule has 9 nitrogen and oxygen atoms in total. The van der Waals surface area contributed by atoms with Crippen LogP contribution in [0.4, 0.5) is 4.79 Å². The number of nitrogens with zero attached hydrogens (tertiary/aromatic N) is 1. The van der Waals surface area contributed by atoms with Crippen LogP contribution in [0.1, 0.15) is 25.3 Å². The number of benzene rings is 1. The fourth-order valence-electron chi connectivity index (χ4n) is 2.28. The van der Waals surface area contributed by atoms with E-state index in [9.17, 15) is 19.5 Å². The highest BCUT2D eigenvalue weighted by Gasteiger charge is 2.24. The molecule has 1 rings (SSSR count). The normalized spacial score (nSPS) is 13.4. The van der Waals surface area contributed by atoms with Gasteiger partial charge in [-0.2, -0.15) is 5.26 Å². The minimum absolute atomic E-state index is 0.0845. The van der Waals surface area contributed by atoms with E-state index in [1.807, 2.05) is 24.3 Å². The Bertz CT molecular complexity index is 689. The molecule has 1 aromatic carbocycles. The molecule has 2 amide bonds. The minimum atomic E-state index is -1.17. The van der Waals surface area contributed by atoms with Crippen LogP contribution in [-0.4, -0.2) is 48.9 Å². The van der Waals surface area contributed by atoms with Crippen LogP contribution < -0.4 is 10.6 Å². The van der Waals surface area contributed by atoms with Crippen molar-refractivity contribution in [2.75, 3.05) is 13.7 Å². The molecule has 3 atom stereocenters. The van der Waals surface area contributed by atoms with Crippen LogP contribution in [-0.2, 0) is 25.7 Å². The van der Waals surface area contributed by atoms with E-state index in [2.05, 4.69) is 15.4 Å². The first kappa shape index (κ1) is 22.9. The number of carbonyl (C=O) groups excluding carboxylic acids is 3. The van der Waals surface area contributed by atoms with Crippen LogP contribution in [0.5, 0.6) is 0 Å². The van der Waals surface area contributed by atoms with E-state index in [0.29, 0.717) is 0 Å². The summed E-state index contributed by atoms with van der Waals surface area (Å²) in [7, 11) is 1.18. The molecular weight excluding hydrogens is 366 g/mol. The molecule has 0 aromatic heterocycles. The maximum absolute atomic E-state index is 12.0. The molecule has 0 fully saturated rings. The first-order valence-electron chi connectivity index (χ1n) is 8.75. The fourth-order valence-corrected chi connectivity index (χ4v) is 2.28. The third-order valence-electron chi connectivity index (χ3n) is 3.75. The predicted molar refractivity (Wildman–Crippen MR) is 98.6 cm³/mol. The van der Waals surface area contributed by atoms with E-state index in [4.69, 9.17) is 10.00 Å². The van der Waals surface area contributed by atoms with E-state index in [0.717, 1.165) is 5.56 Å². The van der Waals surface area contributed by atoms with Gasteiger partial charge in [0.25, 0.3) is 0 Å². The van der Waals surface area contributed by atoms with E-state index in [1.54, 1.807) is 19.1 Å². The summed E-state index contributed by atoms with van der Waals surface area (Å²) >= 11 is 0. The molecular formula is C19H25N3O6. The van der Waals surface area contributed by atoms with Gasteiger partial charge in [0.2, 0.25) is 5.91 Å². The lowest BCUT2D eigenvalue weighted by atomic mass is 10.0. The van der Waals surface area contributed by atoms with E-state index in [1.165, 1.54) is 7.11 Å². The second kappa shape index (κ2) is 12.3. The summed E-state index contributed by atoms with van der Waals surface area (Å²) in [4.78, 5) is 35.3. The first-order valence-corrected chi connectivity index (χ1v) is 8.75. The molecule has 0 spiro atoms. The quantitative estimate of drug-likeness (QED) is 0.503. The summed E-state index contributed by atoms with van der Waals surface area (Å²) in [5.41, 5.74) is 0.818. The van der Waals surface area contributed by atoms with Crippen molar-refractivity contribution in [3.05, 3.63) is 35.9 Å². The third-order valence-corrected chi connectivity index (χ3v) is 3.75. The van der Waals surface area contributed by atoms with Crippen molar-refractivity contribution in [3.63, 3.8) is 0 Å². The Balaban J connectivity index is 2.36. The number of ether oxygens (including phenoxy) is 2. The summed E-state index contributed by atoms with van der Waals surface area (Å²) < 4.78 is 9.60. The Labute approximate surface area is 163 Å². The average Bonchev–Trinajstić information content (AvgIpc) is 2.70. The van der Waals surface area contributed by atoms with Gasteiger partial charge in [-0.3, -0.25) is 4.79 Å². The third kappa shape index (κ3) is 9.00. The van der Waals surface area contributed by atoms with Crippen LogP contribution in [0.3, 0.4) is 0 Å². The SMILES string of the molecule is COC(=O)[C@H](C[C@H](C)C#N)NC(=O)C[C@H](O)CNC(=O)OCc1ccccc1. The Kier molecular flexibility index (Phi) is 10.1. The molecule has 1 aromatic rings.